The van der Waals surface area contributed by atoms with E-state index in [9.17, 15) is 9.59 Å². The predicted molar refractivity (Wildman–Crippen MR) is 75.6 cm³/mol. The van der Waals surface area contributed by atoms with Crippen LogP contribution < -0.4 is 10.1 Å². The van der Waals surface area contributed by atoms with E-state index < -0.39 is 12.0 Å². The Balaban J connectivity index is 2.33. The molecule has 2 atom stereocenters. The number of ether oxygens (including phenoxy) is 1. The van der Waals surface area contributed by atoms with Crippen LogP contribution in [0, 0.1) is 5.92 Å². The van der Waals surface area contributed by atoms with Gasteiger partial charge in [0.25, 0.3) is 0 Å². The van der Waals surface area contributed by atoms with Crippen molar-refractivity contribution in [3.05, 3.63) is 30.3 Å². The average molecular weight is 279 g/mol. The van der Waals surface area contributed by atoms with Crippen LogP contribution in [0.25, 0.3) is 0 Å². The standard InChI is InChI=1S/C15H21NO4/c1-3-13(15(18)19)16-14(17)11(2)9-10-20-12-7-5-4-6-8-12/h4-8,11,13H,3,9-10H2,1-2H3,(H,16,17)(H,18,19). The van der Waals surface area contributed by atoms with Gasteiger partial charge in [-0.2, -0.15) is 0 Å². The van der Waals surface area contributed by atoms with E-state index in [0.29, 0.717) is 19.4 Å². The lowest BCUT2D eigenvalue weighted by atomic mass is 10.1. The molecule has 0 radical (unpaired) electrons. The van der Waals surface area contributed by atoms with Crippen LogP contribution in [0.4, 0.5) is 0 Å². The molecule has 0 aliphatic carbocycles. The minimum atomic E-state index is -1.01. The SMILES string of the molecule is CCC(NC(=O)C(C)CCOc1ccccc1)C(=O)O. The number of amides is 1. The maximum Gasteiger partial charge on any atom is 0.326 e. The highest BCUT2D eigenvalue weighted by molar-refractivity contribution is 5.84. The van der Waals surface area contributed by atoms with Crippen LogP contribution in [-0.4, -0.2) is 29.6 Å². The number of hydrogen-bond acceptors (Lipinski definition) is 3. The summed E-state index contributed by atoms with van der Waals surface area (Å²) >= 11 is 0. The van der Waals surface area contributed by atoms with Gasteiger partial charge in [0.15, 0.2) is 0 Å². The molecule has 110 valence electrons. The second-order valence-corrected chi connectivity index (χ2v) is 4.66. The summed E-state index contributed by atoms with van der Waals surface area (Å²) in [5.41, 5.74) is 0. The third-order valence-corrected chi connectivity index (χ3v) is 3.03. The number of rotatable bonds is 8. The summed E-state index contributed by atoms with van der Waals surface area (Å²) in [5.74, 6) is -0.784. The van der Waals surface area contributed by atoms with E-state index in [4.69, 9.17) is 9.84 Å². The van der Waals surface area contributed by atoms with Crippen LogP contribution in [0.2, 0.25) is 0 Å². The van der Waals surface area contributed by atoms with Gasteiger partial charge < -0.3 is 15.2 Å². The second-order valence-electron chi connectivity index (χ2n) is 4.66. The van der Waals surface area contributed by atoms with Crippen molar-refractivity contribution in [1.82, 2.24) is 5.32 Å². The Kier molecular flexibility index (Phi) is 6.56. The zero-order chi connectivity index (χ0) is 15.0. The second kappa shape index (κ2) is 8.19. The molecular weight excluding hydrogens is 258 g/mol. The molecule has 0 heterocycles. The fraction of sp³-hybridized carbons (Fsp3) is 0.467. The first kappa shape index (κ1) is 16.0. The first-order valence-corrected chi connectivity index (χ1v) is 6.75. The van der Waals surface area contributed by atoms with Gasteiger partial charge in [0.2, 0.25) is 5.91 Å². The monoisotopic (exact) mass is 279 g/mol. The van der Waals surface area contributed by atoms with Gasteiger partial charge >= 0.3 is 5.97 Å². The molecule has 2 unspecified atom stereocenters. The van der Waals surface area contributed by atoms with Gasteiger partial charge in [-0.15, -0.1) is 0 Å². The molecule has 0 aliphatic rings. The van der Waals surface area contributed by atoms with Crippen LogP contribution in [-0.2, 0) is 9.59 Å². The third-order valence-electron chi connectivity index (χ3n) is 3.03. The Morgan fingerprint density at radius 2 is 1.95 bits per heavy atom. The number of carboxylic acid groups (broad SMARTS) is 1. The molecule has 5 heteroatoms. The largest absolute Gasteiger partial charge is 0.494 e. The number of carbonyl (C=O) groups is 2. The van der Waals surface area contributed by atoms with Crippen LogP contribution in [0.15, 0.2) is 30.3 Å². The highest BCUT2D eigenvalue weighted by Crippen LogP contribution is 2.10. The maximum atomic E-state index is 11.8. The highest BCUT2D eigenvalue weighted by atomic mass is 16.5. The van der Waals surface area contributed by atoms with Crippen molar-refractivity contribution >= 4 is 11.9 Å². The first-order valence-electron chi connectivity index (χ1n) is 6.75. The van der Waals surface area contributed by atoms with Gasteiger partial charge in [0.05, 0.1) is 6.61 Å². The summed E-state index contributed by atoms with van der Waals surface area (Å²) in [5, 5.41) is 11.4. The molecule has 0 saturated heterocycles. The minimum absolute atomic E-state index is 0.254. The molecule has 0 saturated carbocycles. The lowest BCUT2D eigenvalue weighted by Gasteiger charge is -2.16. The van der Waals surface area contributed by atoms with Crippen molar-refractivity contribution in [3.63, 3.8) is 0 Å². The topological polar surface area (TPSA) is 75.6 Å². The van der Waals surface area contributed by atoms with E-state index in [1.165, 1.54) is 0 Å². The molecule has 0 fully saturated rings. The Bertz CT molecular complexity index is 433. The fourth-order valence-electron chi connectivity index (χ4n) is 1.65. The molecule has 1 rings (SSSR count). The smallest absolute Gasteiger partial charge is 0.326 e. The Morgan fingerprint density at radius 3 is 2.50 bits per heavy atom. The number of benzene rings is 1. The molecule has 0 aliphatic heterocycles. The zero-order valence-corrected chi connectivity index (χ0v) is 11.8. The lowest BCUT2D eigenvalue weighted by Crippen LogP contribution is -2.42. The van der Waals surface area contributed by atoms with E-state index in [0.717, 1.165) is 5.75 Å². The molecule has 1 amide bonds. The zero-order valence-electron chi connectivity index (χ0n) is 11.8. The summed E-state index contributed by atoms with van der Waals surface area (Å²) in [7, 11) is 0. The van der Waals surface area contributed by atoms with Crippen molar-refractivity contribution < 1.29 is 19.4 Å². The van der Waals surface area contributed by atoms with Crippen LogP contribution in [0.5, 0.6) is 5.75 Å². The average Bonchev–Trinajstić information content (AvgIpc) is 2.45. The van der Waals surface area contributed by atoms with Crippen molar-refractivity contribution in [2.75, 3.05) is 6.61 Å². The van der Waals surface area contributed by atoms with E-state index in [1.54, 1.807) is 13.8 Å². The molecule has 0 aromatic heterocycles. The summed E-state index contributed by atoms with van der Waals surface area (Å²) in [6.07, 6.45) is 0.908. The highest BCUT2D eigenvalue weighted by Gasteiger charge is 2.21. The quantitative estimate of drug-likeness (QED) is 0.764. The minimum Gasteiger partial charge on any atom is -0.494 e. The number of nitrogens with one attached hydrogen (secondary N) is 1. The molecule has 1 aromatic carbocycles. The summed E-state index contributed by atoms with van der Waals surface area (Å²) in [4.78, 5) is 22.7. The number of aliphatic carboxylic acids is 1. The van der Waals surface area contributed by atoms with E-state index in [2.05, 4.69) is 5.32 Å². The van der Waals surface area contributed by atoms with Crippen molar-refractivity contribution in [2.24, 2.45) is 5.92 Å². The lowest BCUT2D eigenvalue weighted by molar-refractivity contribution is -0.142. The summed E-state index contributed by atoms with van der Waals surface area (Å²) < 4.78 is 5.51. The van der Waals surface area contributed by atoms with Crippen LogP contribution in [0.3, 0.4) is 0 Å². The van der Waals surface area contributed by atoms with Gasteiger partial charge in [-0.3, -0.25) is 4.79 Å². The fourth-order valence-corrected chi connectivity index (χ4v) is 1.65. The number of carboxylic acids is 1. The molecule has 5 nitrogen and oxygen atoms in total. The molecule has 2 N–H and O–H groups in total. The third kappa shape index (κ3) is 5.30. The number of hydrogen-bond donors (Lipinski definition) is 2. The van der Waals surface area contributed by atoms with Crippen LogP contribution in [0.1, 0.15) is 26.7 Å². The molecule has 0 spiro atoms. The Hall–Kier alpha value is -2.04. The normalized spacial score (nSPS) is 13.3. The maximum absolute atomic E-state index is 11.8. The van der Waals surface area contributed by atoms with Gasteiger partial charge in [0.1, 0.15) is 11.8 Å². The van der Waals surface area contributed by atoms with Gasteiger partial charge in [0, 0.05) is 5.92 Å². The Morgan fingerprint density at radius 1 is 1.30 bits per heavy atom. The van der Waals surface area contributed by atoms with Gasteiger partial charge in [-0.1, -0.05) is 32.0 Å². The number of carbonyl (C=O) groups excluding carboxylic acids is 1. The summed E-state index contributed by atoms with van der Waals surface area (Å²) in [6.45, 7) is 3.91. The van der Waals surface area contributed by atoms with E-state index in [-0.39, 0.29) is 11.8 Å². The van der Waals surface area contributed by atoms with Gasteiger partial charge in [-0.05, 0) is 25.0 Å². The first-order chi connectivity index (χ1) is 9.54. The van der Waals surface area contributed by atoms with Gasteiger partial charge in [-0.25, -0.2) is 4.79 Å². The molecule has 1 aromatic rings. The van der Waals surface area contributed by atoms with E-state index in [1.807, 2.05) is 30.3 Å². The number of para-hydroxylation sites is 1. The van der Waals surface area contributed by atoms with Crippen molar-refractivity contribution in [3.8, 4) is 5.75 Å². The van der Waals surface area contributed by atoms with Crippen molar-refractivity contribution in [1.29, 1.82) is 0 Å². The predicted octanol–water partition coefficient (Wildman–Crippen LogP) is 2.07. The summed E-state index contributed by atoms with van der Waals surface area (Å²) in [6, 6.07) is 8.54. The van der Waals surface area contributed by atoms with Crippen molar-refractivity contribution in [2.45, 2.75) is 32.7 Å². The van der Waals surface area contributed by atoms with E-state index >= 15 is 0 Å². The molecular formula is C15H21NO4. The molecule has 0 bridgehead atoms. The van der Waals surface area contributed by atoms with Crippen LogP contribution >= 0.6 is 0 Å². The Labute approximate surface area is 118 Å². The molecule has 20 heavy (non-hydrogen) atoms.